The molecular formula is C41H52N4O4Si. The lowest BCUT2D eigenvalue weighted by Crippen LogP contribution is -2.43. The second-order valence-corrected chi connectivity index (χ2v) is 19.0. The van der Waals surface area contributed by atoms with Gasteiger partial charge < -0.3 is 35.3 Å². The average molecular weight is 693 g/mol. The van der Waals surface area contributed by atoms with Crippen molar-refractivity contribution in [3.63, 3.8) is 0 Å². The summed E-state index contributed by atoms with van der Waals surface area (Å²) in [5.74, 6) is 1.50. The molecule has 50 heavy (non-hydrogen) atoms. The van der Waals surface area contributed by atoms with Crippen LogP contribution in [0.2, 0.25) is 18.1 Å². The molecule has 0 amide bonds. The minimum atomic E-state index is -2.16. The van der Waals surface area contributed by atoms with Crippen molar-refractivity contribution in [3.8, 4) is 11.5 Å². The highest BCUT2D eigenvalue weighted by atomic mass is 28.4. The van der Waals surface area contributed by atoms with Crippen molar-refractivity contribution < 1.29 is 13.9 Å². The highest BCUT2D eigenvalue weighted by Crippen LogP contribution is 2.41. The van der Waals surface area contributed by atoms with E-state index in [1.807, 2.05) is 54.6 Å². The van der Waals surface area contributed by atoms with Crippen molar-refractivity contribution in [1.82, 2.24) is 10.3 Å². The van der Waals surface area contributed by atoms with Gasteiger partial charge in [-0.2, -0.15) is 0 Å². The summed E-state index contributed by atoms with van der Waals surface area (Å²) in [7, 11) is -0.478. The molecule has 1 aromatic heterocycles. The van der Waals surface area contributed by atoms with Crippen molar-refractivity contribution in [2.24, 2.45) is 5.73 Å². The summed E-state index contributed by atoms with van der Waals surface area (Å²) in [6, 6.07) is 32.2. The first-order chi connectivity index (χ1) is 24.0. The Morgan fingerprint density at radius 1 is 0.840 bits per heavy atom. The first kappa shape index (κ1) is 36.9. The van der Waals surface area contributed by atoms with Gasteiger partial charge in [0.2, 0.25) is 5.56 Å². The van der Waals surface area contributed by atoms with E-state index in [1.165, 1.54) is 5.56 Å². The summed E-state index contributed by atoms with van der Waals surface area (Å²) < 4.78 is 18.8. The predicted octanol–water partition coefficient (Wildman–Crippen LogP) is 8.26. The van der Waals surface area contributed by atoms with Gasteiger partial charge in [-0.3, -0.25) is 4.79 Å². The van der Waals surface area contributed by atoms with Gasteiger partial charge in [0.1, 0.15) is 18.1 Å². The maximum atomic E-state index is 12.5. The van der Waals surface area contributed by atoms with Crippen LogP contribution in [-0.4, -0.2) is 40.0 Å². The lowest BCUT2D eigenvalue weighted by Gasteiger charge is -2.39. The van der Waals surface area contributed by atoms with Gasteiger partial charge in [-0.15, -0.1) is 0 Å². The van der Waals surface area contributed by atoms with Crippen molar-refractivity contribution in [2.45, 2.75) is 64.5 Å². The van der Waals surface area contributed by atoms with E-state index in [9.17, 15) is 4.79 Å². The number of aromatic amines is 1. The average Bonchev–Trinajstić information content (AvgIpc) is 3.09. The zero-order chi connectivity index (χ0) is 35.7. The van der Waals surface area contributed by atoms with Crippen LogP contribution in [0, 0.1) is 0 Å². The number of H-pyrrole nitrogens is 1. The molecule has 4 aromatic carbocycles. The fourth-order valence-corrected chi connectivity index (χ4v) is 7.00. The molecule has 0 bridgehead atoms. The monoisotopic (exact) mass is 692 g/mol. The molecule has 5 N–H and O–H groups in total. The highest BCUT2D eigenvalue weighted by Gasteiger charge is 2.39. The van der Waals surface area contributed by atoms with Crippen LogP contribution in [0.25, 0.3) is 10.9 Å². The second kappa shape index (κ2) is 16.5. The van der Waals surface area contributed by atoms with E-state index in [4.69, 9.17) is 19.6 Å². The predicted molar refractivity (Wildman–Crippen MR) is 208 cm³/mol. The third kappa shape index (κ3) is 9.42. The van der Waals surface area contributed by atoms with E-state index in [0.29, 0.717) is 31.0 Å². The van der Waals surface area contributed by atoms with E-state index in [2.05, 4.69) is 85.9 Å². The zero-order valence-corrected chi connectivity index (χ0v) is 31.3. The van der Waals surface area contributed by atoms with E-state index >= 15 is 0 Å². The van der Waals surface area contributed by atoms with Gasteiger partial charge in [0.15, 0.2) is 8.32 Å². The molecule has 9 heteroatoms. The topological polar surface area (TPSA) is 111 Å². The van der Waals surface area contributed by atoms with Gasteiger partial charge in [-0.25, -0.2) is 0 Å². The first-order valence-electron chi connectivity index (χ1n) is 17.4. The van der Waals surface area contributed by atoms with Crippen LogP contribution in [0.5, 0.6) is 11.5 Å². The van der Waals surface area contributed by atoms with Crippen molar-refractivity contribution >= 4 is 30.6 Å². The number of anilines is 2. The Bertz CT molecular complexity index is 1900. The standard InChI is InChI=1S/C41H52N4O4Si/c1-41(2,3)50(5,6)49-38(34-17-20-37(40-35(34)18-21-39(46)45-40)48-28-30-10-8-7-9-11-30)27-43-25-23-29-12-14-32(15-13-29)44-33-16-19-36(47-4)31(26-33)22-24-42/h7-21,26,38,43-44H,22-25,27-28,42H2,1-6H3,(H,45,46)/t38-/m0/s1. The molecular weight excluding hydrogens is 641 g/mol. The zero-order valence-electron chi connectivity index (χ0n) is 30.3. The van der Waals surface area contributed by atoms with Crippen LogP contribution in [0.3, 0.4) is 0 Å². The molecule has 1 heterocycles. The van der Waals surface area contributed by atoms with Crippen molar-refractivity contribution in [3.05, 3.63) is 130 Å². The van der Waals surface area contributed by atoms with Crippen LogP contribution in [-0.2, 0) is 23.9 Å². The van der Waals surface area contributed by atoms with Crippen LogP contribution in [0.4, 0.5) is 11.4 Å². The summed E-state index contributed by atoms with van der Waals surface area (Å²) >= 11 is 0. The Morgan fingerprint density at radius 2 is 1.56 bits per heavy atom. The SMILES string of the molecule is COc1ccc(Nc2ccc(CCNC[C@H](O[Si](C)(C)C(C)(C)C)c3ccc(OCc4ccccc4)c4[nH]c(=O)ccc34)cc2)cc1CCN. The third-order valence-corrected chi connectivity index (χ3v) is 14.1. The number of benzene rings is 4. The smallest absolute Gasteiger partial charge is 0.248 e. The van der Waals surface area contributed by atoms with Gasteiger partial charge in [0, 0.05) is 29.4 Å². The Morgan fingerprint density at radius 3 is 2.26 bits per heavy atom. The normalized spacial score (nSPS) is 12.5. The minimum Gasteiger partial charge on any atom is -0.496 e. The van der Waals surface area contributed by atoms with Crippen LogP contribution in [0.1, 0.15) is 49.1 Å². The molecule has 8 nitrogen and oxygen atoms in total. The lowest BCUT2D eigenvalue weighted by atomic mass is 10.0. The van der Waals surface area contributed by atoms with Crippen LogP contribution >= 0.6 is 0 Å². The lowest BCUT2D eigenvalue weighted by molar-refractivity contribution is 0.182. The van der Waals surface area contributed by atoms with Crippen molar-refractivity contribution in [2.75, 3.05) is 32.1 Å². The molecule has 1 atom stereocenters. The fraction of sp³-hybridized carbons (Fsp3) is 0.341. The highest BCUT2D eigenvalue weighted by molar-refractivity contribution is 6.74. The van der Waals surface area contributed by atoms with Crippen LogP contribution in [0.15, 0.2) is 102 Å². The maximum Gasteiger partial charge on any atom is 0.248 e. The molecule has 264 valence electrons. The summed E-state index contributed by atoms with van der Waals surface area (Å²) in [5.41, 5.74) is 12.8. The summed E-state index contributed by atoms with van der Waals surface area (Å²) in [6.45, 7) is 13.7. The number of aromatic nitrogens is 1. The first-order valence-corrected chi connectivity index (χ1v) is 20.3. The Balaban J connectivity index is 1.29. The summed E-state index contributed by atoms with van der Waals surface area (Å²) in [4.78, 5) is 15.6. The third-order valence-electron chi connectivity index (χ3n) is 9.57. The summed E-state index contributed by atoms with van der Waals surface area (Å²) in [6.07, 6.45) is 1.42. The molecule has 0 radical (unpaired) electrons. The van der Waals surface area contributed by atoms with Gasteiger partial charge in [-0.1, -0.05) is 69.3 Å². The van der Waals surface area contributed by atoms with Crippen molar-refractivity contribution in [1.29, 1.82) is 0 Å². The number of fused-ring (bicyclic) bond motifs is 1. The molecule has 0 saturated heterocycles. The van der Waals surface area contributed by atoms with Gasteiger partial charge in [0.05, 0.1) is 18.7 Å². The molecule has 0 fully saturated rings. The fourth-order valence-electron chi connectivity index (χ4n) is 5.73. The van der Waals surface area contributed by atoms with E-state index in [-0.39, 0.29) is 16.7 Å². The number of nitrogens with two attached hydrogens (primary N) is 1. The molecule has 0 aliphatic heterocycles. The number of ether oxygens (including phenoxy) is 2. The molecule has 0 spiro atoms. The number of rotatable bonds is 16. The van der Waals surface area contributed by atoms with E-state index in [1.54, 1.807) is 13.2 Å². The minimum absolute atomic E-state index is 0.0295. The van der Waals surface area contributed by atoms with Gasteiger partial charge >= 0.3 is 0 Å². The molecule has 0 saturated carbocycles. The second-order valence-electron chi connectivity index (χ2n) is 14.2. The maximum absolute atomic E-state index is 12.5. The summed E-state index contributed by atoms with van der Waals surface area (Å²) in [5, 5.41) is 8.14. The number of methoxy groups -OCH3 is 1. The number of hydrogen-bond acceptors (Lipinski definition) is 7. The van der Waals surface area contributed by atoms with Gasteiger partial charge in [-0.05, 0) is 109 Å². The number of nitrogens with one attached hydrogen (secondary N) is 3. The van der Waals surface area contributed by atoms with E-state index < -0.39 is 8.32 Å². The Labute approximate surface area is 297 Å². The molecule has 0 unspecified atom stereocenters. The van der Waals surface area contributed by atoms with Crippen LogP contribution < -0.4 is 31.4 Å². The molecule has 5 rings (SSSR count). The number of pyridine rings is 1. The Hall–Kier alpha value is -4.41. The quantitative estimate of drug-likeness (QED) is 0.0609. The largest absolute Gasteiger partial charge is 0.496 e. The Kier molecular flexibility index (Phi) is 12.2. The number of hydrogen-bond donors (Lipinski definition) is 4. The molecule has 0 aliphatic rings. The molecule has 0 aliphatic carbocycles. The van der Waals surface area contributed by atoms with Gasteiger partial charge in [0.25, 0.3) is 0 Å². The molecule has 5 aromatic rings. The van der Waals surface area contributed by atoms with E-state index in [0.717, 1.165) is 58.6 Å².